The molecule has 0 aromatic carbocycles. The molecule has 1 aliphatic rings. The predicted molar refractivity (Wildman–Crippen MR) is 73.1 cm³/mol. The third-order valence-corrected chi connectivity index (χ3v) is 3.21. The number of pyridine rings is 1. The fourth-order valence-electron chi connectivity index (χ4n) is 2.13. The summed E-state index contributed by atoms with van der Waals surface area (Å²) in [6.45, 7) is 6.73. The van der Waals surface area contributed by atoms with E-state index in [-0.39, 0.29) is 1.43 Å². The van der Waals surface area contributed by atoms with Crippen molar-refractivity contribution in [3.05, 3.63) is 23.5 Å². The van der Waals surface area contributed by atoms with Crippen LogP contribution in [0, 0.1) is 0 Å². The number of rotatable bonds is 5. The first-order valence-corrected chi connectivity index (χ1v) is 6.55. The first-order valence-electron chi connectivity index (χ1n) is 6.55. The molecule has 102 valence electrons. The molecule has 2 heterocycles. The Hall–Kier alpha value is -1.13. The highest BCUT2D eigenvalue weighted by molar-refractivity contribution is 5.31. The fourth-order valence-corrected chi connectivity index (χ4v) is 2.13. The topological polar surface area (TPSA) is 43.4 Å². The molecule has 1 N–H and O–H groups in total. The van der Waals surface area contributed by atoms with Crippen LogP contribution in [0.5, 0.6) is 5.75 Å². The van der Waals surface area contributed by atoms with Crippen molar-refractivity contribution in [1.82, 2.24) is 10.3 Å². The number of nitrogens with one attached hydrogen (secondary N) is 1. The third-order valence-electron chi connectivity index (χ3n) is 3.21. The molecule has 4 nitrogen and oxygen atoms in total. The standard InChI is InChI=1S/C14H22N2O2.H2/c1-10(2)14-13(17-3)5-4-11(16-14)8-15-12-6-7-18-9-12;/h4-5,10,12,15H,6-9H2,1-3H3;1H/t12-;/m0./s1. The van der Waals surface area contributed by atoms with Crippen molar-refractivity contribution < 1.29 is 10.9 Å². The van der Waals surface area contributed by atoms with Gasteiger partial charge in [0.15, 0.2) is 0 Å². The lowest BCUT2D eigenvalue weighted by Gasteiger charge is -2.14. The SMILES string of the molecule is COc1ccc(CN[C@H]2CCOC2)nc1C(C)C.[HH]. The second kappa shape index (κ2) is 6.16. The van der Waals surface area contributed by atoms with Crippen molar-refractivity contribution >= 4 is 0 Å². The smallest absolute Gasteiger partial charge is 0.140 e. The summed E-state index contributed by atoms with van der Waals surface area (Å²) >= 11 is 0. The largest absolute Gasteiger partial charge is 0.495 e. The zero-order valence-corrected chi connectivity index (χ0v) is 11.4. The van der Waals surface area contributed by atoms with Gasteiger partial charge in [0.2, 0.25) is 0 Å². The van der Waals surface area contributed by atoms with Gasteiger partial charge in [0, 0.05) is 20.6 Å². The number of methoxy groups -OCH3 is 1. The molecule has 1 aromatic rings. The van der Waals surface area contributed by atoms with E-state index in [2.05, 4.69) is 24.1 Å². The maximum Gasteiger partial charge on any atom is 0.140 e. The quantitative estimate of drug-likeness (QED) is 0.873. The van der Waals surface area contributed by atoms with Crippen LogP contribution in [-0.4, -0.2) is 31.3 Å². The molecular weight excluding hydrogens is 228 g/mol. The van der Waals surface area contributed by atoms with Gasteiger partial charge in [-0.2, -0.15) is 0 Å². The molecule has 1 aliphatic heterocycles. The summed E-state index contributed by atoms with van der Waals surface area (Å²) in [6, 6.07) is 4.49. The van der Waals surface area contributed by atoms with E-state index < -0.39 is 0 Å². The highest BCUT2D eigenvalue weighted by Crippen LogP contribution is 2.24. The number of ether oxygens (including phenoxy) is 2. The van der Waals surface area contributed by atoms with Gasteiger partial charge in [0.25, 0.3) is 0 Å². The Morgan fingerprint density at radius 2 is 2.39 bits per heavy atom. The summed E-state index contributed by atoms with van der Waals surface area (Å²) in [7, 11) is 1.69. The van der Waals surface area contributed by atoms with Crippen LogP contribution in [0.1, 0.15) is 39.0 Å². The fraction of sp³-hybridized carbons (Fsp3) is 0.643. The predicted octanol–water partition coefficient (Wildman–Crippen LogP) is 2.34. The third kappa shape index (κ3) is 3.21. The van der Waals surface area contributed by atoms with Crippen molar-refractivity contribution in [3.63, 3.8) is 0 Å². The van der Waals surface area contributed by atoms with Crippen molar-refractivity contribution in [3.8, 4) is 5.75 Å². The van der Waals surface area contributed by atoms with Gasteiger partial charge in [0.1, 0.15) is 5.75 Å². The molecule has 0 bridgehead atoms. The number of aromatic nitrogens is 1. The van der Waals surface area contributed by atoms with Crippen molar-refractivity contribution in [2.24, 2.45) is 0 Å². The van der Waals surface area contributed by atoms with Gasteiger partial charge >= 0.3 is 0 Å². The van der Waals surface area contributed by atoms with Crippen molar-refractivity contribution in [2.45, 2.75) is 38.8 Å². The molecule has 0 radical (unpaired) electrons. The van der Waals surface area contributed by atoms with E-state index in [1.165, 1.54) is 0 Å². The minimum absolute atomic E-state index is 0. The average Bonchev–Trinajstić information content (AvgIpc) is 2.89. The molecule has 1 aromatic heterocycles. The van der Waals surface area contributed by atoms with Gasteiger partial charge in [-0.3, -0.25) is 4.98 Å². The van der Waals surface area contributed by atoms with Crippen LogP contribution < -0.4 is 10.1 Å². The van der Waals surface area contributed by atoms with Gasteiger partial charge in [-0.15, -0.1) is 0 Å². The summed E-state index contributed by atoms with van der Waals surface area (Å²) in [5.74, 6) is 1.24. The van der Waals surface area contributed by atoms with E-state index in [0.29, 0.717) is 12.0 Å². The first-order chi connectivity index (χ1) is 8.70. The molecule has 0 unspecified atom stereocenters. The van der Waals surface area contributed by atoms with Crippen LogP contribution in [0.3, 0.4) is 0 Å². The molecule has 1 atom stereocenters. The molecule has 18 heavy (non-hydrogen) atoms. The Balaban J connectivity index is 0.00000180. The summed E-state index contributed by atoms with van der Waals surface area (Å²) in [6.07, 6.45) is 1.09. The molecule has 0 spiro atoms. The number of hydrogen-bond donors (Lipinski definition) is 1. The van der Waals surface area contributed by atoms with Crippen molar-refractivity contribution in [1.29, 1.82) is 0 Å². The minimum atomic E-state index is 0. The van der Waals surface area contributed by atoms with Crippen LogP contribution in [0.25, 0.3) is 0 Å². The maximum absolute atomic E-state index is 5.34. The summed E-state index contributed by atoms with van der Waals surface area (Å²) in [5.41, 5.74) is 2.09. The lowest BCUT2D eigenvalue weighted by atomic mass is 10.1. The Bertz CT molecular complexity index is 393. The Morgan fingerprint density at radius 3 is 3.00 bits per heavy atom. The minimum Gasteiger partial charge on any atom is -0.495 e. The molecule has 1 fully saturated rings. The normalized spacial score (nSPS) is 19.4. The molecule has 2 rings (SSSR count). The Morgan fingerprint density at radius 1 is 1.56 bits per heavy atom. The van der Waals surface area contributed by atoms with E-state index >= 15 is 0 Å². The van der Waals surface area contributed by atoms with Crippen LogP contribution in [0.4, 0.5) is 0 Å². The summed E-state index contributed by atoms with van der Waals surface area (Å²) in [4.78, 5) is 4.68. The van der Waals surface area contributed by atoms with Crippen LogP contribution in [0.15, 0.2) is 12.1 Å². The number of hydrogen-bond acceptors (Lipinski definition) is 4. The lowest BCUT2D eigenvalue weighted by molar-refractivity contribution is 0.189. The zero-order chi connectivity index (χ0) is 13.0. The van der Waals surface area contributed by atoms with Gasteiger partial charge in [-0.1, -0.05) is 13.8 Å². The molecule has 0 amide bonds. The lowest BCUT2D eigenvalue weighted by Crippen LogP contribution is -2.29. The van der Waals surface area contributed by atoms with Gasteiger partial charge in [-0.25, -0.2) is 0 Å². The molecule has 0 aliphatic carbocycles. The maximum atomic E-state index is 5.34. The average molecular weight is 252 g/mol. The van der Waals surface area contributed by atoms with Gasteiger partial charge in [0.05, 0.1) is 25.1 Å². The molecule has 0 saturated carbocycles. The van der Waals surface area contributed by atoms with Crippen molar-refractivity contribution in [2.75, 3.05) is 20.3 Å². The van der Waals surface area contributed by atoms with Crippen LogP contribution in [0.2, 0.25) is 0 Å². The highest BCUT2D eigenvalue weighted by atomic mass is 16.5. The Labute approximate surface area is 110 Å². The summed E-state index contributed by atoms with van der Waals surface area (Å²) < 4.78 is 10.7. The first kappa shape index (κ1) is 13.3. The van der Waals surface area contributed by atoms with E-state index in [0.717, 1.165) is 43.3 Å². The Kier molecular flexibility index (Phi) is 4.55. The van der Waals surface area contributed by atoms with Gasteiger partial charge in [-0.05, 0) is 24.5 Å². The second-order valence-corrected chi connectivity index (χ2v) is 4.99. The molecule has 4 heteroatoms. The van der Waals surface area contributed by atoms with E-state index in [9.17, 15) is 0 Å². The highest BCUT2D eigenvalue weighted by Gasteiger charge is 2.15. The summed E-state index contributed by atoms with van der Waals surface area (Å²) in [5, 5.41) is 3.47. The van der Waals surface area contributed by atoms with E-state index in [1.54, 1.807) is 7.11 Å². The zero-order valence-electron chi connectivity index (χ0n) is 11.4. The monoisotopic (exact) mass is 252 g/mol. The van der Waals surface area contributed by atoms with E-state index in [4.69, 9.17) is 9.47 Å². The second-order valence-electron chi connectivity index (χ2n) is 4.99. The molecule has 1 saturated heterocycles. The van der Waals surface area contributed by atoms with Gasteiger partial charge < -0.3 is 14.8 Å². The number of nitrogens with zero attached hydrogens (tertiary/aromatic N) is 1. The molecular formula is C14H24N2O2. The van der Waals surface area contributed by atoms with Crippen LogP contribution in [-0.2, 0) is 11.3 Å². The van der Waals surface area contributed by atoms with Crippen LogP contribution >= 0.6 is 0 Å². The van der Waals surface area contributed by atoms with E-state index in [1.807, 2.05) is 12.1 Å².